The van der Waals surface area contributed by atoms with Crippen molar-refractivity contribution < 1.29 is 9.53 Å². The molecule has 3 nitrogen and oxygen atoms in total. The van der Waals surface area contributed by atoms with Gasteiger partial charge in [-0.1, -0.05) is 49.4 Å². The third-order valence-electron chi connectivity index (χ3n) is 5.71. The van der Waals surface area contributed by atoms with Crippen molar-refractivity contribution in [3.8, 4) is 0 Å². The highest BCUT2D eigenvalue weighted by Crippen LogP contribution is 2.36. The minimum absolute atomic E-state index is 0.138. The highest BCUT2D eigenvalue weighted by atomic mass is 35.5. The zero-order chi connectivity index (χ0) is 16.8. The van der Waals surface area contributed by atoms with E-state index in [1.165, 1.54) is 32.1 Å². The average Bonchev–Trinajstić information content (AvgIpc) is 3.12. The van der Waals surface area contributed by atoms with Crippen molar-refractivity contribution in [1.82, 2.24) is 5.32 Å². The zero-order valence-electron chi connectivity index (χ0n) is 14.4. The van der Waals surface area contributed by atoms with E-state index in [4.69, 9.17) is 16.3 Å². The van der Waals surface area contributed by atoms with E-state index in [0.29, 0.717) is 18.2 Å². The van der Waals surface area contributed by atoms with E-state index in [-0.39, 0.29) is 5.91 Å². The first-order valence-electron chi connectivity index (χ1n) is 9.33. The van der Waals surface area contributed by atoms with Gasteiger partial charge in [0.25, 0.3) is 0 Å². The fourth-order valence-electron chi connectivity index (χ4n) is 4.21. The van der Waals surface area contributed by atoms with Crippen molar-refractivity contribution in [3.05, 3.63) is 34.9 Å². The second-order valence-corrected chi connectivity index (χ2v) is 7.69. The normalized spacial score (nSPS) is 20.9. The molecule has 0 atom stereocenters. The molecule has 4 heteroatoms. The van der Waals surface area contributed by atoms with Crippen molar-refractivity contribution in [1.29, 1.82) is 0 Å². The molecular weight excluding hydrogens is 322 g/mol. The molecule has 1 saturated heterocycles. The lowest BCUT2D eigenvalue weighted by molar-refractivity contribution is -0.130. The van der Waals surface area contributed by atoms with Crippen LogP contribution in [0.4, 0.5) is 0 Å². The van der Waals surface area contributed by atoms with E-state index in [1.807, 2.05) is 24.3 Å². The fraction of sp³-hybridized carbons (Fsp3) is 0.650. The molecule has 2 aliphatic rings. The number of ether oxygens (including phenoxy) is 1. The van der Waals surface area contributed by atoms with E-state index < -0.39 is 5.41 Å². The Morgan fingerprint density at radius 3 is 2.71 bits per heavy atom. The Morgan fingerprint density at radius 1 is 1.25 bits per heavy atom. The Bertz CT molecular complexity index is 548. The smallest absolute Gasteiger partial charge is 0.230 e. The van der Waals surface area contributed by atoms with Gasteiger partial charge in [-0.3, -0.25) is 4.79 Å². The van der Waals surface area contributed by atoms with Crippen LogP contribution in [0.3, 0.4) is 0 Å². The van der Waals surface area contributed by atoms with Gasteiger partial charge in [-0.05, 0) is 49.3 Å². The van der Waals surface area contributed by atoms with Crippen LogP contribution in [-0.4, -0.2) is 25.7 Å². The molecular formula is C20H28ClNO2. The van der Waals surface area contributed by atoms with Crippen LogP contribution in [0.15, 0.2) is 24.3 Å². The maximum Gasteiger partial charge on any atom is 0.230 e. The summed E-state index contributed by atoms with van der Waals surface area (Å²) in [6.45, 7) is 2.03. The zero-order valence-corrected chi connectivity index (χ0v) is 15.1. The summed E-state index contributed by atoms with van der Waals surface area (Å²) in [7, 11) is 0. The minimum Gasteiger partial charge on any atom is -0.381 e. The standard InChI is InChI=1S/C20H28ClNO2/c21-18-9-3-8-17(15-18)20(10-13-24-14-11-20)19(23)22-12-4-7-16-5-1-2-6-16/h3,8-9,15-16H,1-2,4-7,10-14H2,(H,22,23). The Labute approximate surface area is 150 Å². The number of hydrogen-bond acceptors (Lipinski definition) is 2. The third-order valence-corrected chi connectivity index (χ3v) is 5.94. The van der Waals surface area contributed by atoms with Crippen LogP contribution in [0.1, 0.15) is 56.9 Å². The largest absolute Gasteiger partial charge is 0.381 e. The van der Waals surface area contributed by atoms with E-state index >= 15 is 0 Å². The first kappa shape index (κ1) is 17.8. The number of halogens is 1. The minimum atomic E-state index is -0.490. The van der Waals surface area contributed by atoms with Gasteiger partial charge < -0.3 is 10.1 Å². The quantitative estimate of drug-likeness (QED) is 0.769. The highest BCUT2D eigenvalue weighted by molar-refractivity contribution is 6.30. The van der Waals surface area contributed by atoms with Gasteiger partial charge in [0.2, 0.25) is 5.91 Å². The predicted molar refractivity (Wildman–Crippen MR) is 97.4 cm³/mol. The van der Waals surface area contributed by atoms with Crippen molar-refractivity contribution in [2.75, 3.05) is 19.8 Å². The van der Waals surface area contributed by atoms with Crippen LogP contribution in [-0.2, 0) is 14.9 Å². The van der Waals surface area contributed by atoms with Gasteiger partial charge in [0.15, 0.2) is 0 Å². The van der Waals surface area contributed by atoms with Gasteiger partial charge in [-0.15, -0.1) is 0 Å². The van der Waals surface area contributed by atoms with Crippen LogP contribution in [0, 0.1) is 5.92 Å². The SMILES string of the molecule is O=C(NCCCC1CCCC1)C1(c2cccc(Cl)c2)CCOCC1. The molecule has 1 amide bonds. The van der Waals surface area contributed by atoms with Crippen LogP contribution < -0.4 is 5.32 Å². The van der Waals surface area contributed by atoms with Crippen molar-refractivity contribution in [2.24, 2.45) is 5.92 Å². The summed E-state index contributed by atoms with van der Waals surface area (Å²) in [5.41, 5.74) is 0.530. The number of amides is 1. The molecule has 132 valence electrons. The summed E-state index contributed by atoms with van der Waals surface area (Å²) in [5.74, 6) is 1.02. The molecule has 1 aromatic rings. The molecule has 0 bridgehead atoms. The van der Waals surface area contributed by atoms with Gasteiger partial charge in [0, 0.05) is 24.8 Å². The number of benzene rings is 1. The second kappa shape index (κ2) is 8.35. The van der Waals surface area contributed by atoms with Crippen LogP contribution >= 0.6 is 11.6 Å². The summed E-state index contributed by atoms with van der Waals surface area (Å²) < 4.78 is 5.51. The summed E-state index contributed by atoms with van der Waals surface area (Å²) in [4.78, 5) is 13.0. The molecule has 1 saturated carbocycles. The number of carbonyl (C=O) groups is 1. The summed E-state index contributed by atoms with van der Waals surface area (Å²) in [6.07, 6.45) is 9.29. The fourth-order valence-corrected chi connectivity index (χ4v) is 4.40. The molecule has 1 aliphatic carbocycles. The monoisotopic (exact) mass is 349 g/mol. The first-order chi connectivity index (χ1) is 11.7. The predicted octanol–water partition coefficient (Wildman–Crippen LogP) is 4.47. The van der Waals surface area contributed by atoms with Crippen LogP contribution in [0.5, 0.6) is 0 Å². The summed E-state index contributed by atoms with van der Waals surface area (Å²) in [6, 6.07) is 7.75. The molecule has 24 heavy (non-hydrogen) atoms. The molecule has 0 radical (unpaired) electrons. The summed E-state index contributed by atoms with van der Waals surface area (Å²) in [5, 5.41) is 3.88. The lowest BCUT2D eigenvalue weighted by Gasteiger charge is -2.36. The van der Waals surface area contributed by atoms with E-state index in [1.54, 1.807) is 0 Å². The number of hydrogen-bond donors (Lipinski definition) is 1. The van der Waals surface area contributed by atoms with E-state index in [9.17, 15) is 4.79 Å². The van der Waals surface area contributed by atoms with Gasteiger partial charge in [0.05, 0.1) is 5.41 Å². The first-order valence-corrected chi connectivity index (χ1v) is 9.71. The highest BCUT2D eigenvalue weighted by Gasteiger charge is 2.41. The maximum atomic E-state index is 13.0. The molecule has 1 aromatic carbocycles. The Kier molecular flexibility index (Phi) is 6.18. The molecule has 3 rings (SSSR count). The number of carbonyl (C=O) groups excluding carboxylic acids is 1. The maximum absolute atomic E-state index is 13.0. The molecule has 2 fully saturated rings. The van der Waals surface area contributed by atoms with Crippen LogP contribution in [0.2, 0.25) is 5.02 Å². The van der Waals surface area contributed by atoms with Crippen LogP contribution in [0.25, 0.3) is 0 Å². The topological polar surface area (TPSA) is 38.3 Å². The Balaban J connectivity index is 1.61. The third kappa shape index (κ3) is 4.12. The van der Waals surface area contributed by atoms with E-state index in [0.717, 1.165) is 37.3 Å². The molecule has 1 N–H and O–H groups in total. The molecule has 0 spiro atoms. The van der Waals surface area contributed by atoms with Gasteiger partial charge in [-0.2, -0.15) is 0 Å². The van der Waals surface area contributed by atoms with Crippen molar-refractivity contribution >= 4 is 17.5 Å². The lowest BCUT2D eigenvalue weighted by Crippen LogP contribution is -2.48. The number of nitrogens with one attached hydrogen (secondary N) is 1. The summed E-state index contributed by atoms with van der Waals surface area (Å²) >= 11 is 6.17. The van der Waals surface area contributed by atoms with Gasteiger partial charge in [-0.25, -0.2) is 0 Å². The van der Waals surface area contributed by atoms with Crippen molar-refractivity contribution in [2.45, 2.75) is 56.8 Å². The van der Waals surface area contributed by atoms with Crippen molar-refractivity contribution in [3.63, 3.8) is 0 Å². The Morgan fingerprint density at radius 2 is 2.00 bits per heavy atom. The number of rotatable bonds is 6. The molecule has 1 heterocycles. The Hall–Kier alpha value is -1.06. The van der Waals surface area contributed by atoms with E-state index in [2.05, 4.69) is 5.32 Å². The lowest BCUT2D eigenvalue weighted by atomic mass is 9.73. The molecule has 0 aromatic heterocycles. The second-order valence-electron chi connectivity index (χ2n) is 7.25. The average molecular weight is 350 g/mol. The molecule has 1 aliphatic heterocycles. The van der Waals surface area contributed by atoms with Gasteiger partial charge in [0.1, 0.15) is 0 Å². The molecule has 0 unspecified atom stereocenters. The van der Waals surface area contributed by atoms with Gasteiger partial charge >= 0.3 is 0 Å².